The number of phenolic OH excluding ortho intramolecular Hbond substituents is 1. The summed E-state index contributed by atoms with van der Waals surface area (Å²) in [4.78, 5) is 14.7. The normalized spacial score (nSPS) is 23.1. The van der Waals surface area contributed by atoms with E-state index in [9.17, 15) is 15.0 Å². The number of likely N-dealkylation sites (tertiary alicyclic amines) is 1. The number of aliphatic hydroxyl groups excluding tert-OH is 1. The van der Waals surface area contributed by atoms with Crippen molar-refractivity contribution in [3.05, 3.63) is 29.8 Å². The van der Waals surface area contributed by atoms with Crippen molar-refractivity contribution in [2.45, 2.75) is 38.3 Å². The van der Waals surface area contributed by atoms with Crippen LogP contribution >= 0.6 is 0 Å². The van der Waals surface area contributed by atoms with Crippen molar-refractivity contribution < 1.29 is 15.0 Å². The maximum absolute atomic E-state index is 12.7. The van der Waals surface area contributed by atoms with Crippen LogP contribution in [-0.2, 0) is 4.79 Å². The summed E-state index contributed by atoms with van der Waals surface area (Å²) < 4.78 is 0. The average molecular weight is 317 g/mol. The molecular formula is C17H23N3O3. The molecule has 23 heavy (non-hydrogen) atoms. The number of benzene rings is 1. The predicted octanol–water partition coefficient (Wildman–Crippen LogP) is 1.50. The van der Waals surface area contributed by atoms with Crippen LogP contribution in [0.5, 0.6) is 5.75 Å². The van der Waals surface area contributed by atoms with Crippen LogP contribution in [0.15, 0.2) is 29.4 Å². The summed E-state index contributed by atoms with van der Waals surface area (Å²) in [5.41, 5.74) is 1.62. The first-order valence-electron chi connectivity index (χ1n) is 8.09. The van der Waals surface area contributed by atoms with Crippen molar-refractivity contribution in [2.75, 3.05) is 19.6 Å². The molecule has 2 aliphatic heterocycles. The molecule has 0 spiro atoms. The number of aromatic hydroxyl groups is 1. The Balaban J connectivity index is 1.71. The number of hydrogen-bond donors (Lipinski definition) is 2. The molecule has 0 radical (unpaired) electrons. The fourth-order valence-electron chi connectivity index (χ4n) is 3.24. The highest BCUT2D eigenvalue weighted by atomic mass is 16.3. The molecule has 1 fully saturated rings. The number of carbonyl (C=O) groups excluding carboxylic acids is 1. The van der Waals surface area contributed by atoms with Crippen LogP contribution in [0.2, 0.25) is 0 Å². The molecule has 1 amide bonds. The number of phenols is 1. The van der Waals surface area contributed by atoms with Gasteiger partial charge >= 0.3 is 0 Å². The Hall–Kier alpha value is -1.92. The van der Waals surface area contributed by atoms with Crippen LogP contribution in [-0.4, -0.2) is 57.5 Å². The molecule has 2 aliphatic rings. The zero-order chi connectivity index (χ0) is 16.4. The van der Waals surface area contributed by atoms with Gasteiger partial charge in [-0.1, -0.05) is 18.2 Å². The van der Waals surface area contributed by atoms with E-state index in [4.69, 9.17) is 0 Å². The Labute approximate surface area is 136 Å². The first-order valence-corrected chi connectivity index (χ1v) is 8.09. The zero-order valence-electron chi connectivity index (χ0n) is 13.4. The molecule has 0 bridgehead atoms. The van der Waals surface area contributed by atoms with E-state index in [0.717, 1.165) is 24.4 Å². The molecule has 3 rings (SSSR count). The largest absolute Gasteiger partial charge is 0.508 e. The summed E-state index contributed by atoms with van der Waals surface area (Å²) in [7, 11) is 0. The smallest absolute Gasteiger partial charge is 0.257 e. The maximum Gasteiger partial charge on any atom is 0.257 e. The molecule has 1 aromatic rings. The van der Waals surface area contributed by atoms with Crippen molar-refractivity contribution in [1.29, 1.82) is 0 Å². The highest BCUT2D eigenvalue weighted by Gasteiger charge is 2.33. The number of amides is 1. The van der Waals surface area contributed by atoms with E-state index in [-0.39, 0.29) is 23.8 Å². The van der Waals surface area contributed by atoms with Gasteiger partial charge in [0, 0.05) is 30.8 Å². The molecule has 0 aromatic heterocycles. The van der Waals surface area contributed by atoms with Crippen LogP contribution < -0.4 is 0 Å². The van der Waals surface area contributed by atoms with Gasteiger partial charge in [0.25, 0.3) is 5.91 Å². The van der Waals surface area contributed by atoms with Gasteiger partial charge in [0.1, 0.15) is 5.75 Å². The molecule has 1 aromatic carbocycles. The summed E-state index contributed by atoms with van der Waals surface area (Å²) in [5.74, 6) is 0.132. The Bertz CT molecular complexity index is 609. The number of carbonyl (C=O) groups is 1. The summed E-state index contributed by atoms with van der Waals surface area (Å²) in [6.45, 7) is 3.65. The van der Waals surface area contributed by atoms with Crippen molar-refractivity contribution in [2.24, 2.45) is 5.10 Å². The van der Waals surface area contributed by atoms with Gasteiger partial charge < -0.3 is 10.2 Å². The molecule has 1 atom stereocenters. The summed E-state index contributed by atoms with van der Waals surface area (Å²) >= 11 is 0. The van der Waals surface area contributed by atoms with Gasteiger partial charge in [0.05, 0.1) is 18.7 Å². The summed E-state index contributed by atoms with van der Waals surface area (Å²) in [5, 5.41) is 25.5. The van der Waals surface area contributed by atoms with E-state index in [1.165, 1.54) is 5.01 Å². The number of para-hydroxylation sites is 1. The zero-order valence-corrected chi connectivity index (χ0v) is 13.4. The minimum atomic E-state index is -0.248. The lowest BCUT2D eigenvalue weighted by Gasteiger charge is -2.31. The van der Waals surface area contributed by atoms with E-state index in [0.29, 0.717) is 25.8 Å². The highest BCUT2D eigenvalue weighted by molar-refractivity contribution is 5.89. The topological polar surface area (TPSA) is 76.4 Å². The number of nitrogens with zero attached hydrogens (tertiary/aromatic N) is 3. The minimum absolute atomic E-state index is 0.0634. The monoisotopic (exact) mass is 317 g/mol. The van der Waals surface area contributed by atoms with Crippen molar-refractivity contribution in [3.8, 4) is 5.75 Å². The van der Waals surface area contributed by atoms with Crippen molar-refractivity contribution >= 4 is 11.6 Å². The average Bonchev–Trinajstić information content (AvgIpc) is 2.92. The Morgan fingerprint density at radius 1 is 1.30 bits per heavy atom. The van der Waals surface area contributed by atoms with Gasteiger partial charge in [-0.2, -0.15) is 5.10 Å². The third-order valence-electron chi connectivity index (χ3n) is 4.53. The van der Waals surface area contributed by atoms with Gasteiger partial charge in [0.2, 0.25) is 0 Å². The van der Waals surface area contributed by atoms with Crippen LogP contribution in [0.3, 0.4) is 0 Å². The lowest BCUT2D eigenvalue weighted by atomic mass is 10.0. The first kappa shape index (κ1) is 16.0. The Morgan fingerprint density at radius 3 is 2.70 bits per heavy atom. The summed E-state index contributed by atoms with van der Waals surface area (Å²) in [6, 6.07) is 6.87. The third-order valence-corrected chi connectivity index (χ3v) is 4.53. The molecule has 0 saturated carbocycles. The van der Waals surface area contributed by atoms with Gasteiger partial charge in [-0.25, -0.2) is 5.01 Å². The van der Waals surface area contributed by atoms with E-state index in [1.807, 2.05) is 19.1 Å². The Morgan fingerprint density at radius 2 is 2.00 bits per heavy atom. The van der Waals surface area contributed by atoms with Crippen LogP contribution in [0.25, 0.3) is 0 Å². The van der Waals surface area contributed by atoms with Crippen LogP contribution in [0.4, 0.5) is 0 Å². The number of hydrazone groups is 1. The van der Waals surface area contributed by atoms with E-state index < -0.39 is 0 Å². The summed E-state index contributed by atoms with van der Waals surface area (Å²) in [6.07, 6.45) is 1.81. The molecule has 0 aliphatic carbocycles. The molecule has 124 valence electrons. The predicted molar refractivity (Wildman–Crippen MR) is 87.1 cm³/mol. The van der Waals surface area contributed by atoms with E-state index in [2.05, 4.69) is 10.0 Å². The lowest BCUT2D eigenvalue weighted by Crippen LogP contribution is -2.43. The number of hydrogen-bond acceptors (Lipinski definition) is 5. The van der Waals surface area contributed by atoms with Gasteiger partial charge in [-0.15, -0.1) is 0 Å². The van der Waals surface area contributed by atoms with Gasteiger partial charge in [0.15, 0.2) is 0 Å². The van der Waals surface area contributed by atoms with Crippen molar-refractivity contribution in [3.63, 3.8) is 0 Å². The Kier molecular flexibility index (Phi) is 4.63. The molecule has 1 unspecified atom stereocenters. The minimum Gasteiger partial charge on any atom is -0.508 e. The van der Waals surface area contributed by atoms with E-state index >= 15 is 0 Å². The molecule has 2 N–H and O–H groups in total. The van der Waals surface area contributed by atoms with Gasteiger partial charge in [-0.3, -0.25) is 9.69 Å². The quantitative estimate of drug-likeness (QED) is 0.886. The molecular weight excluding hydrogens is 294 g/mol. The molecule has 1 saturated heterocycles. The second-order valence-corrected chi connectivity index (χ2v) is 6.36. The SMILES string of the molecule is CC1=NN(C(=O)CN2CCC(O)CC2)C(c2ccccc2O)C1. The lowest BCUT2D eigenvalue weighted by molar-refractivity contribution is -0.134. The van der Waals surface area contributed by atoms with Crippen molar-refractivity contribution in [1.82, 2.24) is 9.91 Å². The fourth-order valence-corrected chi connectivity index (χ4v) is 3.24. The van der Waals surface area contributed by atoms with E-state index in [1.54, 1.807) is 12.1 Å². The standard InChI is InChI=1S/C17H23N3O3/c1-12-10-15(14-4-2-3-5-16(14)22)20(18-12)17(23)11-19-8-6-13(21)7-9-19/h2-5,13,15,21-22H,6-11H2,1H3. The fraction of sp³-hybridized carbons (Fsp3) is 0.529. The second kappa shape index (κ2) is 6.68. The molecule has 6 nitrogen and oxygen atoms in total. The maximum atomic E-state index is 12.7. The number of rotatable bonds is 3. The van der Waals surface area contributed by atoms with Gasteiger partial charge in [-0.05, 0) is 25.8 Å². The second-order valence-electron chi connectivity index (χ2n) is 6.36. The number of aliphatic hydroxyl groups is 1. The van der Waals surface area contributed by atoms with Crippen LogP contribution in [0.1, 0.15) is 37.8 Å². The van der Waals surface area contributed by atoms with Crippen LogP contribution in [0, 0.1) is 0 Å². The molecule has 2 heterocycles. The molecule has 6 heteroatoms. The third kappa shape index (κ3) is 3.54. The highest BCUT2D eigenvalue weighted by Crippen LogP contribution is 2.35. The number of piperidine rings is 1. The first-order chi connectivity index (χ1) is 11.0.